The van der Waals surface area contributed by atoms with E-state index in [4.69, 9.17) is 16.3 Å². The Morgan fingerprint density at radius 1 is 1.54 bits per heavy atom. The van der Waals surface area contributed by atoms with Gasteiger partial charge in [-0.1, -0.05) is 11.6 Å². The van der Waals surface area contributed by atoms with Crippen molar-refractivity contribution in [1.82, 2.24) is 20.1 Å². The molecule has 8 heteroatoms. The van der Waals surface area contributed by atoms with Crippen molar-refractivity contribution in [3.63, 3.8) is 0 Å². The predicted molar refractivity (Wildman–Crippen MR) is 91.3 cm³/mol. The second-order valence-corrected chi connectivity index (χ2v) is 6.05. The van der Waals surface area contributed by atoms with Crippen LogP contribution in [0.1, 0.15) is 35.0 Å². The minimum absolute atomic E-state index is 0.0750. The van der Waals surface area contributed by atoms with Gasteiger partial charge in [-0.05, 0) is 32.0 Å². The van der Waals surface area contributed by atoms with E-state index in [-0.39, 0.29) is 12.0 Å². The van der Waals surface area contributed by atoms with Crippen molar-refractivity contribution in [1.29, 1.82) is 0 Å². The summed E-state index contributed by atoms with van der Waals surface area (Å²) in [5.41, 5.74) is 1.35. The van der Waals surface area contributed by atoms with Crippen LogP contribution in [0.4, 0.5) is 5.69 Å². The Hall–Kier alpha value is -2.12. The van der Waals surface area contributed by atoms with Crippen molar-refractivity contribution >= 4 is 23.2 Å². The number of aromatic amines is 1. The lowest BCUT2D eigenvalue weighted by molar-refractivity contribution is -0.0266. The zero-order valence-electron chi connectivity index (χ0n) is 13.7. The number of aryl methyl sites for hydroxylation is 1. The molecular formula is C16H20ClN5O2. The fourth-order valence-electron chi connectivity index (χ4n) is 2.70. The Morgan fingerprint density at radius 3 is 3.08 bits per heavy atom. The second-order valence-electron chi connectivity index (χ2n) is 5.61. The van der Waals surface area contributed by atoms with Crippen LogP contribution in [0.15, 0.2) is 18.2 Å². The molecule has 1 aliphatic rings. The lowest BCUT2D eigenvalue weighted by atomic mass is 10.1. The third-order valence-electron chi connectivity index (χ3n) is 3.84. The summed E-state index contributed by atoms with van der Waals surface area (Å²) in [7, 11) is 0. The van der Waals surface area contributed by atoms with E-state index in [0.29, 0.717) is 36.1 Å². The molecule has 2 heterocycles. The first kappa shape index (κ1) is 16.7. The summed E-state index contributed by atoms with van der Waals surface area (Å²) in [5, 5.41) is 10.7. The van der Waals surface area contributed by atoms with Gasteiger partial charge < -0.3 is 15.0 Å². The topological polar surface area (TPSA) is 83.1 Å². The highest BCUT2D eigenvalue weighted by Gasteiger charge is 2.29. The molecule has 1 aromatic carbocycles. The van der Waals surface area contributed by atoms with Crippen molar-refractivity contribution < 1.29 is 9.53 Å². The first-order valence-electron chi connectivity index (χ1n) is 7.91. The highest BCUT2D eigenvalue weighted by Crippen LogP contribution is 2.25. The number of nitrogens with one attached hydrogen (secondary N) is 2. The van der Waals surface area contributed by atoms with Crippen LogP contribution in [0, 0.1) is 6.92 Å². The number of carbonyl (C=O) groups is 1. The van der Waals surface area contributed by atoms with Crippen LogP contribution < -0.4 is 5.32 Å². The maximum Gasteiger partial charge on any atom is 0.256 e. The number of anilines is 1. The normalized spacial score (nSPS) is 17.8. The number of aromatic nitrogens is 3. The number of ether oxygens (including phenoxy) is 1. The zero-order chi connectivity index (χ0) is 17.1. The molecule has 0 radical (unpaired) electrons. The third-order valence-corrected chi connectivity index (χ3v) is 4.07. The van der Waals surface area contributed by atoms with Gasteiger partial charge >= 0.3 is 0 Å². The molecule has 0 unspecified atom stereocenters. The Labute approximate surface area is 145 Å². The summed E-state index contributed by atoms with van der Waals surface area (Å²) in [6, 6.07) is 5.30. The van der Waals surface area contributed by atoms with Crippen LogP contribution in [0.3, 0.4) is 0 Å². The van der Waals surface area contributed by atoms with E-state index in [0.717, 1.165) is 18.1 Å². The molecule has 24 heavy (non-hydrogen) atoms. The number of hydrogen-bond donors (Lipinski definition) is 2. The highest BCUT2D eigenvalue weighted by molar-refractivity contribution is 6.31. The van der Waals surface area contributed by atoms with E-state index in [1.54, 1.807) is 17.0 Å². The number of hydrogen-bond acceptors (Lipinski definition) is 5. The van der Waals surface area contributed by atoms with Gasteiger partial charge in [-0.25, -0.2) is 4.98 Å². The highest BCUT2D eigenvalue weighted by atomic mass is 35.5. The van der Waals surface area contributed by atoms with Gasteiger partial charge in [-0.15, -0.1) is 0 Å². The minimum Gasteiger partial charge on any atom is -0.385 e. The van der Waals surface area contributed by atoms with E-state index in [1.165, 1.54) is 0 Å². The van der Waals surface area contributed by atoms with Crippen LogP contribution >= 0.6 is 11.6 Å². The van der Waals surface area contributed by atoms with E-state index in [1.807, 2.05) is 19.9 Å². The van der Waals surface area contributed by atoms with Crippen LogP contribution in [0.2, 0.25) is 5.02 Å². The quantitative estimate of drug-likeness (QED) is 0.885. The molecule has 7 nitrogen and oxygen atoms in total. The molecule has 0 saturated carbocycles. The molecule has 0 bridgehead atoms. The molecule has 1 fully saturated rings. The SMILES string of the molecule is CCNc1ccc(Cl)cc1C(=O)N1CCO[C@H](c2n[nH]c(C)n2)C1. The first-order valence-corrected chi connectivity index (χ1v) is 8.29. The van der Waals surface area contributed by atoms with Gasteiger partial charge in [-0.3, -0.25) is 9.89 Å². The van der Waals surface area contributed by atoms with Crippen LogP contribution in [-0.4, -0.2) is 52.2 Å². The molecule has 1 saturated heterocycles. The maximum absolute atomic E-state index is 13.0. The smallest absolute Gasteiger partial charge is 0.256 e. The number of halogens is 1. The summed E-state index contributed by atoms with van der Waals surface area (Å²) in [5.74, 6) is 1.22. The van der Waals surface area contributed by atoms with Gasteiger partial charge in [0.05, 0.1) is 18.7 Å². The first-order chi connectivity index (χ1) is 11.6. The lowest BCUT2D eigenvalue weighted by Gasteiger charge is -2.32. The number of amides is 1. The summed E-state index contributed by atoms with van der Waals surface area (Å²) < 4.78 is 5.71. The fourth-order valence-corrected chi connectivity index (χ4v) is 2.87. The van der Waals surface area contributed by atoms with Gasteiger partial charge in [0.15, 0.2) is 5.82 Å². The molecule has 3 rings (SSSR count). The van der Waals surface area contributed by atoms with Crippen LogP contribution in [-0.2, 0) is 4.74 Å². The molecule has 1 aromatic heterocycles. The Kier molecular flexibility index (Phi) is 5.01. The summed E-state index contributed by atoms with van der Waals surface area (Å²) in [6.45, 7) is 5.92. The van der Waals surface area contributed by atoms with Crippen molar-refractivity contribution in [2.24, 2.45) is 0 Å². The van der Waals surface area contributed by atoms with Crippen molar-refractivity contribution in [2.75, 3.05) is 31.6 Å². The average molecular weight is 350 g/mol. The summed E-state index contributed by atoms with van der Waals surface area (Å²) >= 11 is 6.08. The van der Waals surface area contributed by atoms with Gasteiger partial charge in [0.25, 0.3) is 5.91 Å². The molecule has 1 amide bonds. The zero-order valence-corrected chi connectivity index (χ0v) is 14.4. The Balaban J connectivity index is 1.80. The third kappa shape index (κ3) is 3.52. The Morgan fingerprint density at radius 2 is 2.38 bits per heavy atom. The maximum atomic E-state index is 13.0. The standard InChI is InChI=1S/C16H20ClN5O2/c1-3-18-13-5-4-11(17)8-12(13)16(23)22-6-7-24-14(9-22)15-19-10(2)20-21-15/h4-5,8,14,18H,3,6-7,9H2,1-2H3,(H,19,20,21)/t14-/m0/s1. The van der Waals surface area contributed by atoms with Crippen molar-refractivity contribution in [3.8, 4) is 0 Å². The number of rotatable bonds is 4. The molecule has 2 N–H and O–H groups in total. The lowest BCUT2D eigenvalue weighted by Crippen LogP contribution is -2.42. The fraction of sp³-hybridized carbons (Fsp3) is 0.438. The minimum atomic E-state index is -0.325. The molecular weight excluding hydrogens is 330 g/mol. The van der Waals surface area contributed by atoms with Crippen LogP contribution in [0.25, 0.3) is 0 Å². The van der Waals surface area contributed by atoms with E-state index in [2.05, 4.69) is 20.5 Å². The van der Waals surface area contributed by atoms with Gasteiger partial charge in [0.1, 0.15) is 11.9 Å². The van der Waals surface area contributed by atoms with E-state index >= 15 is 0 Å². The largest absolute Gasteiger partial charge is 0.385 e. The van der Waals surface area contributed by atoms with Gasteiger partial charge in [-0.2, -0.15) is 5.10 Å². The van der Waals surface area contributed by atoms with E-state index < -0.39 is 0 Å². The molecule has 2 aromatic rings. The average Bonchev–Trinajstić information content (AvgIpc) is 3.03. The molecule has 0 aliphatic carbocycles. The monoisotopic (exact) mass is 349 g/mol. The Bertz CT molecular complexity index is 733. The van der Waals surface area contributed by atoms with E-state index in [9.17, 15) is 4.79 Å². The summed E-state index contributed by atoms with van der Waals surface area (Å²) in [4.78, 5) is 19.0. The van der Waals surface area contributed by atoms with Crippen molar-refractivity contribution in [2.45, 2.75) is 20.0 Å². The van der Waals surface area contributed by atoms with Gasteiger partial charge in [0, 0.05) is 23.8 Å². The molecule has 1 atom stereocenters. The number of H-pyrrole nitrogens is 1. The number of carbonyl (C=O) groups excluding carboxylic acids is 1. The molecule has 128 valence electrons. The molecule has 1 aliphatic heterocycles. The van der Waals surface area contributed by atoms with Gasteiger partial charge in [0.2, 0.25) is 0 Å². The van der Waals surface area contributed by atoms with Crippen molar-refractivity contribution in [3.05, 3.63) is 40.4 Å². The molecule has 0 spiro atoms. The number of benzene rings is 1. The summed E-state index contributed by atoms with van der Waals surface area (Å²) in [6.07, 6.45) is -0.325. The predicted octanol–water partition coefficient (Wildman–Crippen LogP) is 2.41. The second kappa shape index (κ2) is 7.19. The number of morpholine rings is 1. The van der Waals surface area contributed by atoms with Crippen LogP contribution in [0.5, 0.6) is 0 Å². The number of nitrogens with zero attached hydrogens (tertiary/aromatic N) is 3.